The maximum absolute atomic E-state index is 12.8. The molecule has 0 spiro atoms. The topological polar surface area (TPSA) is 104 Å². The quantitative estimate of drug-likeness (QED) is 0.246. The minimum atomic E-state index is -0.516. The molecule has 0 saturated heterocycles. The predicted octanol–water partition coefficient (Wildman–Crippen LogP) is 4.03. The Labute approximate surface area is 180 Å². The number of hydrogen-bond donors (Lipinski definition) is 0. The summed E-state index contributed by atoms with van der Waals surface area (Å²) < 4.78 is 6.81. The number of nitrogens with zero attached hydrogens (tertiary/aromatic N) is 3. The fourth-order valence-electron chi connectivity index (χ4n) is 2.73. The highest BCUT2D eigenvalue weighted by molar-refractivity contribution is 7.99. The molecule has 10 heteroatoms. The molecule has 1 heterocycles. The Morgan fingerprint density at radius 3 is 2.70 bits per heavy atom. The van der Waals surface area contributed by atoms with Gasteiger partial charge in [0.05, 0.1) is 22.2 Å². The van der Waals surface area contributed by atoms with Gasteiger partial charge in [0.1, 0.15) is 6.54 Å². The zero-order valence-corrected chi connectivity index (χ0v) is 18.2. The molecule has 0 fully saturated rings. The van der Waals surface area contributed by atoms with Crippen molar-refractivity contribution in [1.82, 2.24) is 4.57 Å². The van der Waals surface area contributed by atoms with Crippen LogP contribution in [0.2, 0.25) is 0 Å². The lowest BCUT2D eigenvalue weighted by molar-refractivity contribution is -0.384. The van der Waals surface area contributed by atoms with E-state index in [0.29, 0.717) is 21.0 Å². The van der Waals surface area contributed by atoms with Gasteiger partial charge in [-0.25, -0.2) is 0 Å². The SMILES string of the molecule is COC(=O)Cn1c(=NC(=O)c2cccc(SC(C)C)c2)sc2cc([N+](=O)[O-])ccc21. The molecule has 0 bridgehead atoms. The molecule has 3 rings (SSSR count). The number of ether oxygens (including phenoxy) is 1. The van der Waals surface area contributed by atoms with Gasteiger partial charge in [0.15, 0.2) is 4.80 Å². The molecule has 0 aliphatic heterocycles. The molecule has 0 radical (unpaired) electrons. The van der Waals surface area contributed by atoms with Gasteiger partial charge in [-0.3, -0.25) is 19.7 Å². The number of aromatic nitrogens is 1. The van der Waals surface area contributed by atoms with Crippen molar-refractivity contribution in [3.63, 3.8) is 0 Å². The Balaban J connectivity index is 2.09. The van der Waals surface area contributed by atoms with Crippen LogP contribution in [0.4, 0.5) is 5.69 Å². The van der Waals surface area contributed by atoms with Crippen molar-refractivity contribution in [2.45, 2.75) is 30.5 Å². The number of fused-ring (bicyclic) bond motifs is 1. The number of esters is 1. The van der Waals surface area contributed by atoms with Crippen LogP contribution in [-0.4, -0.2) is 33.7 Å². The smallest absolute Gasteiger partial charge is 0.325 e. The van der Waals surface area contributed by atoms with E-state index in [1.165, 1.54) is 29.9 Å². The molecular weight excluding hydrogens is 426 g/mol. The molecule has 0 aliphatic carbocycles. The second kappa shape index (κ2) is 9.23. The van der Waals surface area contributed by atoms with Gasteiger partial charge >= 0.3 is 5.97 Å². The third kappa shape index (κ3) is 4.95. The first kappa shape index (κ1) is 21.7. The first-order valence-corrected chi connectivity index (χ1v) is 10.7. The molecule has 8 nitrogen and oxygen atoms in total. The van der Waals surface area contributed by atoms with E-state index in [0.717, 1.165) is 16.2 Å². The standard InChI is InChI=1S/C20H19N3O5S2/c1-12(2)29-15-6-4-5-13(9-15)19(25)21-20-22(11-18(24)28-3)16-8-7-14(23(26)27)10-17(16)30-20/h4-10,12H,11H2,1-3H3. The van der Waals surface area contributed by atoms with Crippen molar-refractivity contribution >= 4 is 50.9 Å². The van der Waals surface area contributed by atoms with E-state index in [-0.39, 0.29) is 17.0 Å². The normalized spacial score (nSPS) is 11.8. The molecule has 0 atom stereocenters. The van der Waals surface area contributed by atoms with Crippen LogP contribution < -0.4 is 4.80 Å². The van der Waals surface area contributed by atoms with Crippen LogP contribution in [-0.2, 0) is 16.1 Å². The molecular formula is C20H19N3O5S2. The molecule has 30 heavy (non-hydrogen) atoms. The zero-order valence-electron chi connectivity index (χ0n) is 16.5. The summed E-state index contributed by atoms with van der Waals surface area (Å²) in [6, 6.07) is 11.5. The van der Waals surface area contributed by atoms with Crippen LogP contribution in [0.25, 0.3) is 10.2 Å². The third-order valence-electron chi connectivity index (χ3n) is 4.04. The third-order valence-corrected chi connectivity index (χ3v) is 6.08. The van der Waals surface area contributed by atoms with E-state index in [1.54, 1.807) is 30.0 Å². The second-order valence-electron chi connectivity index (χ2n) is 6.57. The van der Waals surface area contributed by atoms with Crippen LogP contribution in [0, 0.1) is 10.1 Å². The van der Waals surface area contributed by atoms with E-state index in [9.17, 15) is 19.7 Å². The summed E-state index contributed by atoms with van der Waals surface area (Å²) in [5.74, 6) is -0.974. The number of carbonyl (C=O) groups is 2. The number of nitro benzene ring substituents is 1. The van der Waals surface area contributed by atoms with Crippen molar-refractivity contribution in [3.8, 4) is 0 Å². The summed E-state index contributed by atoms with van der Waals surface area (Å²) in [4.78, 5) is 40.7. The highest BCUT2D eigenvalue weighted by Crippen LogP contribution is 2.25. The number of thiazole rings is 1. The van der Waals surface area contributed by atoms with E-state index >= 15 is 0 Å². The summed E-state index contributed by atoms with van der Waals surface area (Å²) in [6.07, 6.45) is 0. The van der Waals surface area contributed by atoms with Gasteiger partial charge in [-0.2, -0.15) is 4.99 Å². The molecule has 156 valence electrons. The van der Waals surface area contributed by atoms with Crippen molar-refractivity contribution in [2.75, 3.05) is 7.11 Å². The number of methoxy groups -OCH3 is 1. The monoisotopic (exact) mass is 445 g/mol. The maximum atomic E-state index is 12.8. The first-order valence-electron chi connectivity index (χ1n) is 8.99. The molecule has 0 unspecified atom stereocenters. The molecule has 2 aromatic carbocycles. The molecule has 1 aromatic heterocycles. The van der Waals surface area contributed by atoms with Gasteiger partial charge in [0.2, 0.25) is 0 Å². The Bertz CT molecular complexity index is 1200. The molecule has 0 saturated carbocycles. The number of carbonyl (C=O) groups excluding carboxylic acids is 2. The van der Waals surface area contributed by atoms with Crippen molar-refractivity contribution in [2.24, 2.45) is 4.99 Å². The summed E-state index contributed by atoms with van der Waals surface area (Å²) in [6.45, 7) is 3.97. The maximum Gasteiger partial charge on any atom is 0.325 e. The lowest BCUT2D eigenvalue weighted by atomic mass is 10.2. The number of benzene rings is 2. The highest BCUT2D eigenvalue weighted by Gasteiger charge is 2.15. The number of rotatable bonds is 6. The predicted molar refractivity (Wildman–Crippen MR) is 116 cm³/mol. The van der Waals surface area contributed by atoms with Gasteiger partial charge < -0.3 is 9.30 Å². The minimum absolute atomic E-state index is 0.0785. The molecule has 0 N–H and O–H groups in total. The van der Waals surface area contributed by atoms with Crippen molar-refractivity contribution in [3.05, 3.63) is 62.9 Å². The first-order chi connectivity index (χ1) is 14.3. The van der Waals surface area contributed by atoms with E-state index in [2.05, 4.69) is 18.8 Å². The Morgan fingerprint density at radius 2 is 2.03 bits per heavy atom. The van der Waals surface area contributed by atoms with E-state index in [1.807, 2.05) is 6.07 Å². The van der Waals surface area contributed by atoms with Crippen LogP contribution in [0.3, 0.4) is 0 Å². The summed E-state index contributed by atoms with van der Waals surface area (Å²) in [5.41, 5.74) is 0.908. The van der Waals surface area contributed by atoms with Crippen molar-refractivity contribution < 1.29 is 19.2 Å². The number of amides is 1. The molecule has 3 aromatic rings. The summed E-state index contributed by atoms with van der Waals surface area (Å²) in [7, 11) is 1.27. The van der Waals surface area contributed by atoms with Crippen LogP contribution in [0.5, 0.6) is 0 Å². The van der Waals surface area contributed by atoms with Gasteiger partial charge in [-0.1, -0.05) is 31.3 Å². The average Bonchev–Trinajstić information content (AvgIpc) is 3.03. The summed E-state index contributed by atoms with van der Waals surface area (Å²) in [5, 5.41) is 11.4. The largest absolute Gasteiger partial charge is 0.468 e. The average molecular weight is 446 g/mol. The zero-order chi connectivity index (χ0) is 21.8. The van der Waals surface area contributed by atoms with Crippen LogP contribution >= 0.6 is 23.1 Å². The highest BCUT2D eigenvalue weighted by atomic mass is 32.2. The Morgan fingerprint density at radius 1 is 1.27 bits per heavy atom. The van der Waals surface area contributed by atoms with Gasteiger partial charge in [-0.15, -0.1) is 11.8 Å². The Hall–Kier alpha value is -2.98. The van der Waals surface area contributed by atoms with Gasteiger partial charge in [-0.05, 0) is 24.3 Å². The summed E-state index contributed by atoms with van der Waals surface area (Å²) >= 11 is 2.74. The van der Waals surface area contributed by atoms with Crippen molar-refractivity contribution in [1.29, 1.82) is 0 Å². The number of nitro groups is 1. The van der Waals surface area contributed by atoms with Crippen LogP contribution in [0.15, 0.2) is 52.4 Å². The van der Waals surface area contributed by atoms with Gasteiger partial charge in [0.25, 0.3) is 11.6 Å². The van der Waals surface area contributed by atoms with Crippen LogP contribution in [0.1, 0.15) is 24.2 Å². The van der Waals surface area contributed by atoms with Gasteiger partial charge in [0, 0.05) is 27.8 Å². The number of non-ortho nitro benzene ring substituents is 1. The second-order valence-corrected chi connectivity index (χ2v) is 9.23. The van der Waals surface area contributed by atoms with E-state index < -0.39 is 16.8 Å². The molecule has 0 aliphatic rings. The fraction of sp³-hybridized carbons (Fsp3) is 0.250. The fourth-order valence-corrected chi connectivity index (χ4v) is 4.69. The lowest BCUT2D eigenvalue weighted by Gasteiger charge is -2.06. The minimum Gasteiger partial charge on any atom is -0.468 e. The number of hydrogen-bond acceptors (Lipinski definition) is 7. The molecule has 1 amide bonds. The lowest BCUT2D eigenvalue weighted by Crippen LogP contribution is -2.22. The Kier molecular flexibility index (Phi) is 6.68. The number of thioether (sulfide) groups is 1. The van der Waals surface area contributed by atoms with E-state index in [4.69, 9.17) is 4.74 Å².